The minimum atomic E-state index is -1.01. The van der Waals surface area contributed by atoms with E-state index in [2.05, 4.69) is 10.3 Å². The van der Waals surface area contributed by atoms with Crippen molar-refractivity contribution >= 4 is 28.7 Å². The molecule has 0 spiro atoms. The van der Waals surface area contributed by atoms with E-state index in [4.69, 9.17) is 5.73 Å². The van der Waals surface area contributed by atoms with Gasteiger partial charge in [0.1, 0.15) is 5.01 Å². The number of aromatic carboxylic acids is 1. The van der Waals surface area contributed by atoms with Crippen molar-refractivity contribution in [2.45, 2.75) is 19.4 Å². The van der Waals surface area contributed by atoms with Gasteiger partial charge in [-0.15, -0.1) is 11.3 Å². The van der Waals surface area contributed by atoms with Crippen molar-refractivity contribution in [1.29, 1.82) is 0 Å². The smallest absolute Gasteiger partial charge is 0.337 e. The highest BCUT2D eigenvalue weighted by Gasteiger charge is 2.26. The molecule has 0 atom stereocenters. The fraction of sp³-hybridized carbons (Fsp3) is 0.231. The minimum Gasteiger partial charge on any atom is -0.478 e. The molecule has 0 radical (unpaired) electrons. The molecule has 0 amide bonds. The molecule has 2 aromatic rings. The highest BCUT2D eigenvalue weighted by Crippen LogP contribution is 2.32. The highest BCUT2D eigenvalue weighted by molar-refractivity contribution is 7.09. The quantitative estimate of drug-likeness (QED) is 0.748. The van der Waals surface area contributed by atoms with Gasteiger partial charge in [-0.3, -0.25) is 0 Å². The summed E-state index contributed by atoms with van der Waals surface area (Å²) in [6.07, 6.45) is 1.72. The van der Waals surface area contributed by atoms with Gasteiger partial charge >= 0.3 is 5.97 Å². The number of rotatable bonds is 4. The first-order chi connectivity index (χ1) is 8.92. The van der Waals surface area contributed by atoms with Crippen LogP contribution in [0.1, 0.15) is 29.2 Å². The Hall–Kier alpha value is -2.08. The van der Waals surface area contributed by atoms with Gasteiger partial charge in [0.05, 0.1) is 22.5 Å². The molecule has 0 saturated heterocycles. The van der Waals surface area contributed by atoms with Crippen LogP contribution >= 0.6 is 11.3 Å². The minimum absolute atomic E-state index is 0.157. The second kappa shape index (κ2) is 4.89. The third-order valence-corrected chi connectivity index (χ3v) is 3.83. The molecule has 5 nitrogen and oxygen atoms in total. The lowest BCUT2D eigenvalue weighted by Crippen LogP contribution is -2.29. The fourth-order valence-electron chi connectivity index (χ4n) is 1.79. The number of hydrogen-bond acceptors (Lipinski definition) is 5. The molecule has 0 aliphatic carbocycles. The van der Waals surface area contributed by atoms with Gasteiger partial charge in [-0.1, -0.05) is 6.07 Å². The number of hydrogen-bond donors (Lipinski definition) is 3. The zero-order chi connectivity index (χ0) is 14.0. The van der Waals surface area contributed by atoms with Gasteiger partial charge in [0.2, 0.25) is 0 Å². The summed E-state index contributed by atoms with van der Waals surface area (Å²) in [7, 11) is 0. The molecule has 0 unspecified atom stereocenters. The summed E-state index contributed by atoms with van der Waals surface area (Å²) in [4.78, 5) is 15.5. The van der Waals surface area contributed by atoms with E-state index in [0.29, 0.717) is 11.4 Å². The van der Waals surface area contributed by atoms with Crippen molar-refractivity contribution < 1.29 is 9.90 Å². The van der Waals surface area contributed by atoms with E-state index in [-0.39, 0.29) is 5.56 Å². The molecule has 100 valence electrons. The molecule has 0 saturated carbocycles. The number of nitrogens with one attached hydrogen (secondary N) is 1. The first-order valence-electron chi connectivity index (χ1n) is 5.72. The van der Waals surface area contributed by atoms with Gasteiger partial charge in [-0.2, -0.15) is 0 Å². The molecule has 0 bridgehead atoms. The number of nitrogens with two attached hydrogens (primary N) is 1. The average molecular weight is 277 g/mol. The Bertz CT molecular complexity index is 594. The number of nitrogens with zero attached hydrogens (tertiary/aromatic N) is 1. The topological polar surface area (TPSA) is 88.2 Å². The normalized spacial score (nSPS) is 11.3. The number of thiazole rings is 1. The van der Waals surface area contributed by atoms with Crippen LogP contribution in [0, 0.1) is 0 Å². The Kier molecular flexibility index (Phi) is 3.44. The van der Waals surface area contributed by atoms with E-state index in [1.54, 1.807) is 18.3 Å². The van der Waals surface area contributed by atoms with Crippen molar-refractivity contribution in [2.24, 2.45) is 0 Å². The molecule has 0 aliphatic rings. The lowest BCUT2D eigenvalue weighted by atomic mass is 10.0. The summed E-state index contributed by atoms with van der Waals surface area (Å²) in [6.45, 7) is 3.87. The van der Waals surface area contributed by atoms with E-state index >= 15 is 0 Å². The van der Waals surface area contributed by atoms with Crippen LogP contribution in [0.2, 0.25) is 0 Å². The molecule has 19 heavy (non-hydrogen) atoms. The molecule has 1 aromatic carbocycles. The molecule has 0 aliphatic heterocycles. The van der Waals surface area contributed by atoms with Gasteiger partial charge in [-0.05, 0) is 26.0 Å². The number of nitrogen functional groups attached to an aromatic ring is 1. The number of benzene rings is 1. The van der Waals surface area contributed by atoms with Gasteiger partial charge in [0.15, 0.2) is 0 Å². The van der Waals surface area contributed by atoms with Crippen LogP contribution in [0.15, 0.2) is 29.8 Å². The van der Waals surface area contributed by atoms with Crippen molar-refractivity contribution in [3.63, 3.8) is 0 Å². The first kappa shape index (κ1) is 13.4. The Balaban J connectivity index is 2.41. The molecular formula is C13H15N3O2S. The van der Waals surface area contributed by atoms with Crippen molar-refractivity contribution in [3.05, 3.63) is 40.3 Å². The summed E-state index contributed by atoms with van der Waals surface area (Å²) in [5.74, 6) is -1.01. The Labute approximate surface area is 115 Å². The number of carboxylic acid groups (broad SMARTS) is 1. The van der Waals surface area contributed by atoms with E-state index < -0.39 is 11.5 Å². The summed E-state index contributed by atoms with van der Waals surface area (Å²) in [5, 5.41) is 15.1. The average Bonchev–Trinajstić information content (AvgIpc) is 2.85. The van der Waals surface area contributed by atoms with E-state index in [1.807, 2.05) is 19.2 Å². The largest absolute Gasteiger partial charge is 0.478 e. The van der Waals surface area contributed by atoms with Gasteiger partial charge < -0.3 is 16.2 Å². The van der Waals surface area contributed by atoms with E-state index in [1.165, 1.54) is 17.4 Å². The van der Waals surface area contributed by atoms with Crippen LogP contribution < -0.4 is 11.1 Å². The van der Waals surface area contributed by atoms with Gasteiger partial charge in [0, 0.05) is 11.6 Å². The lowest BCUT2D eigenvalue weighted by Gasteiger charge is -2.27. The number of para-hydroxylation sites is 1. The zero-order valence-corrected chi connectivity index (χ0v) is 11.5. The molecule has 6 heteroatoms. The van der Waals surface area contributed by atoms with Crippen LogP contribution in [-0.2, 0) is 5.54 Å². The fourth-order valence-corrected chi connectivity index (χ4v) is 2.50. The van der Waals surface area contributed by atoms with Crippen molar-refractivity contribution in [2.75, 3.05) is 11.1 Å². The Morgan fingerprint density at radius 2 is 2.21 bits per heavy atom. The van der Waals surface area contributed by atoms with Crippen LogP contribution in [0.3, 0.4) is 0 Å². The van der Waals surface area contributed by atoms with E-state index in [0.717, 1.165) is 5.01 Å². The molecular weight excluding hydrogens is 262 g/mol. The third kappa shape index (κ3) is 2.68. The van der Waals surface area contributed by atoms with E-state index in [9.17, 15) is 9.90 Å². The Morgan fingerprint density at radius 1 is 1.47 bits per heavy atom. The summed E-state index contributed by atoms with van der Waals surface area (Å²) < 4.78 is 0. The summed E-state index contributed by atoms with van der Waals surface area (Å²) >= 11 is 1.51. The van der Waals surface area contributed by atoms with Crippen LogP contribution in [0.4, 0.5) is 11.4 Å². The second-order valence-electron chi connectivity index (χ2n) is 4.66. The maximum Gasteiger partial charge on any atom is 0.337 e. The van der Waals surface area contributed by atoms with Crippen LogP contribution in [0.5, 0.6) is 0 Å². The zero-order valence-electron chi connectivity index (χ0n) is 10.7. The Morgan fingerprint density at radius 3 is 2.79 bits per heavy atom. The van der Waals surface area contributed by atoms with Crippen LogP contribution in [0.25, 0.3) is 0 Å². The molecule has 4 N–H and O–H groups in total. The van der Waals surface area contributed by atoms with Gasteiger partial charge in [-0.25, -0.2) is 9.78 Å². The van der Waals surface area contributed by atoms with Crippen molar-refractivity contribution in [1.82, 2.24) is 4.98 Å². The number of anilines is 2. The number of carboxylic acids is 1. The van der Waals surface area contributed by atoms with Gasteiger partial charge in [0.25, 0.3) is 0 Å². The molecule has 1 aromatic heterocycles. The van der Waals surface area contributed by atoms with Crippen molar-refractivity contribution in [3.8, 4) is 0 Å². The number of aromatic nitrogens is 1. The molecule has 1 heterocycles. The summed E-state index contributed by atoms with van der Waals surface area (Å²) in [6, 6.07) is 4.83. The maximum absolute atomic E-state index is 11.2. The first-order valence-corrected chi connectivity index (χ1v) is 6.60. The lowest BCUT2D eigenvalue weighted by molar-refractivity contribution is 0.0698. The second-order valence-corrected chi connectivity index (χ2v) is 5.56. The predicted molar refractivity (Wildman–Crippen MR) is 76.6 cm³/mol. The number of carbonyl (C=O) groups is 1. The monoisotopic (exact) mass is 277 g/mol. The predicted octanol–water partition coefficient (Wildman–Crippen LogP) is 2.77. The molecule has 2 rings (SSSR count). The summed E-state index contributed by atoms with van der Waals surface area (Å²) in [5.41, 5.74) is 6.37. The highest BCUT2D eigenvalue weighted by atomic mass is 32.1. The SMILES string of the molecule is CC(C)(Nc1c(N)cccc1C(=O)O)c1nccs1. The molecule has 0 fully saturated rings. The maximum atomic E-state index is 11.2. The standard InChI is InChI=1S/C13H15N3O2S/c1-13(2,12-15-6-7-19-12)16-10-8(11(17)18)4-3-5-9(10)14/h3-7,16H,14H2,1-2H3,(H,17,18). The third-order valence-electron chi connectivity index (χ3n) is 2.73. The van der Waals surface area contributed by atoms with Crippen LogP contribution in [-0.4, -0.2) is 16.1 Å².